The lowest BCUT2D eigenvalue weighted by Crippen LogP contribution is -2.42. The summed E-state index contributed by atoms with van der Waals surface area (Å²) < 4.78 is 33.8. The molecule has 1 atom stereocenters. The molecule has 2 aromatic rings. The first-order valence-electron chi connectivity index (χ1n) is 10.2. The molecule has 1 fully saturated rings. The van der Waals surface area contributed by atoms with Gasteiger partial charge in [0.1, 0.15) is 11.6 Å². The maximum Gasteiger partial charge on any atom is 0.410 e. The first-order chi connectivity index (χ1) is 14.0. The molecule has 1 saturated heterocycles. The Bertz CT molecular complexity index is 881. The molecule has 4 rings (SSSR count). The van der Waals surface area contributed by atoms with Crippen LogP contribution in [0.15, 0.2) is 42.5 Å². The monoisotopic (exact) mass is 400 g/mol. The van der Waals surface area contributed by atoms with Gasteiger partial charge in [0.25, 0.3) is 0 Å². The topological polar surface area (TPSA) is 32.8 Å². The summed E-state index contributed by atoms with van der Waals surface area (Å²) in [6.07, 6.45) is 2.25. The Labute approximate surface area is 170 Å². The van der Waals surface area contributed by atoms with Gasteiger partial charge in [0.15, 0.2) is 0 Å². The molecule has 0 bridgehead atoms. The van der Waals surface area contributed by atoms with Crippen molar-refractivity contribution in [1.82, 2.24) is 9.80 Å². The van der Waals surface area contributed by atoms with Crippen LogP contribution < -0.4 is 0 Å². The van der Waals surface area contributed by atoms with E-state index < -0.39 is 23.8 Å². The average molecular weight is 400 g/mol. The lowest BCUT2D eigenvalue weighted by Gasteiger charge is -2.37. The minimum Gasteiger partial charge on any atom is -0.449 e. The van der Waals surface area contributed by atoms with E-state index >= 15 is 0 Å². The molecule has 0 unspecified atom stereocenters. The third kappa shape index (κ3) is 4.27. The number of piperidine rings is 1. The van der Waals surface area contributed by atoms with Crippen molar-refractivity contribution in [2.24, 2.45) is 5.92 Å². The number of carbonyl (C=O) groups is 1. The number of amides is 1. The zero-order chi connectivity index (χ0) is 20.4. The van der Waals surface area contributed by atoms with Crippen LogP contribution >= 0.6 is 0 Å². The Morgan fingerprint density at radius 1 is 1.07 bits per heavy atom. The van der Waals surface area contributed by atoms with Crippen molar-refractivity contribution in [3.05, 3.63) is 70.8 Å². The van der Waals surface area contributed by atoms with Crippen LogP contribution in [0, 0.1) is 17.6 Å². The van der Waals surface area contributed by atoms with Gasteiger partial charge in [-0.05, 0) is 62.5 Å². The van der Waals surface area contributed by atoms with Crippen molar-refractivity contribution in [2.75, 3.05) is 33.3 Å². The second-order valence-electron chi connectivity index (χ2n) is 8.03. The van der Waals surface area contributed by atoms with Crippen LogP contribution in [-0.2, 0) is 11.2 Å². The Balaban J connectivity index is 1.57. The van der Waals surface area contributed by atoms with E-state index in [1.807, 2.05) is 24.3 Å². The summed E-state index contributed by atoms with van der Waals surface area (Å²) in [6.45, 7) is 2.82. The van der Waals surface area contributed by atoms with E-state index in [4.69, 9.17) is 4.74 Å². The lowest BCUT2D eigenvalue weighted by molar-refractivity contribution is 0.0634. The molecule has 2 heterocycles. The summed E-state index contributed by atoms with van der Waals surface area (Å²) in [4.78, 5) is 16.8. The van der Waals surface area contributed by atoms with Crippen LogP contribution in [0.5, 0.6) is 0 Å². The number of carbonyl (C=O) groups excluding carboxylic acids is 1. The Hall–Kier alpha value is -2.47. The fourth-order valence-corrected chi connectivity index (χ4v) is 4.32. The molecule has 0 radical (unpaired) electrons. The highest BCUT2D eigenvalue weighted by atomic mass is 19.1. The Morgan fingerprint density at radius 2 is 1.83 bits per heavy atom. The number of benzene rings is 2. The smallest absolute Gasteiger partial charge is 0.410 e. The van der Waals surface area contributed by atoms with Crippen LogP contribution in [0.1, 0.15) is 35.6 Å². The SMILES string of the molecule is CN1CCC(COC(=O)N2CCc3ccccc3[C@@H]2c2ccc(F)cc2F)CC1. The average Bonchev–Trinajstić information content (AvgIpc) is 2.72. The minimum atomic E-state index is -0.653. The number of hydrogen-bond donors (Lipinski definition) is 0. The molecule has 0 N–H and O–H groups in total. The molecular formula is C23H26F2N2O2. The van der Waals surface area contributed by atoms with Crippen LogP contribution in [0.2, 0.25) is 0 Å². The number of ether oxygens (including phenoxy) is 1. The van der Waals surface area contributed by atoms with Crippen LogP contribution in [0.25, 0.3) is 0 Å². The molecule has 0 saturated carbocycles. The van der Waals surface area contributed by atoms with Gasteiger partial charge >= 0.3 is 6.09 Å². The highest BCUT2D eigenvalue weighted by molar-refractivity contribution is 5.70. The first-order valence-corrected chi connectivity index (χ1v) is 10.2. The van der Waals surface area contributed by atoms with Gasteiger partial charge in [-0.15, -0.1) is 0 Å². The standard InChI is InChI=1S/C23H26F2N2O2/c1-26-11-8-16(9-12-26)15-29-23(28)27-13-10-17-4-2-3-5-19(17)22(27)20-7-6-18(24)14-21(20)25/h2-7,14,16,22H,8-13,15H2,1H3/t22-/m1/s1. The van der Waals surface area contributed by atoms with E-state index in [1.54, 1.807) is 4.90 Å². The largest absolute Gasteiger partial charge is 0.449 e. The third-order valence-electron chi connectivity index (χ3n) is 6.06. The van der Waals surface area contributed by atoms with Crippen LogP contribution in [0.3, 0.4) is 0 Å². The summed E-state index contributed by atoms with van der Waals surface area (Å²) in [5.74, 6) is -0.931. The van der Waals surface area contributed by atoms with Gasteiger partial charge in [0.05, 0.1) is 12.6 Å². The normalized spacial score (nSPS) is 20.4. The summed E-state index contributed by atoms with van der Waals surface area (Å²) in [7, 11) is 2.09. The van der Waals surface area contributed by atoms with E-state index in [0.29, 0.717) is 25.5 Å². The van der Waals surface area contributed by atoms with Gasteiger partial charge in [-0.3, -0.25) is 4.90 Å². The molecule has 6 heteroatoms. The van der Waals surface area contributed by atoms with Gasteiger partial charge in [0.2, 0.25) is 0 Å². The molecule has 154 valence electrons. The van der Waals surface area contributed by atoms with Gasteiger partial charge in [-0.2, -0.15) is 0 Å². The minimum absolute atomic E-state index is 0.287. The summed E-state index contributed by atoms with van der Waals surface area (Å²) in [5.41, 5.74) is 2.22. The number of rotatable bonds is 3. The van der Waals surface area contributed by atoms with Crippen molar-refractivity contribution in [3.8, 4) is 0 Å². The third-order valence-corrected chi connectivity index (χ3v) is 6.06. The fourth-order valence-electron chi connectivity index (χ4n) is 4.32. The van der Waals surface area contributed by atoms with Crippen molar-refractivity contribution in [2.45, 2.75) is 25.3 Å². The molecule has 0 aliphatic carbocycles. The van der Waals surface area contributed by atoms with Crippen molar-refractivity contribution >= 4 is 6.09 Å². The van der Waals surface area contributed by atoms with E-state index in [-0.39, 0.29) is 5.56 Å². The number of likely N-dealkylation sites (tertiary alicyclic amines) is 1. The predicted octanol–water partition coefficient (Wildman–Crippen LogP) is 4.39. The molecule has 2 aromatic carbocycles. The maximum atomic E-state index is 14.7. The van der Waals surface area contributed by atoms with E-state index in [0.717, 1.165) is 43.1 Å². The number of halogens is 2. The molecule has 0 spiro atoms. The number of fused-ring (bicyclic) bond motifs is 1. The second-order valence-corrected chi connectivity index (χ2v) is 8.03. The Kier molecular flexibility index (Phi) is 5.81. The van der Waals surface area contributed by atoms with Crippen molar-refractivity contribution in [1.29, 1.82) is 0 Å². The van der Waals surface area contributed by atoms with E-state index in [2.05, 4.69) is 11.9 Å². The zero-order valence-corrected chi connectivity index (χ0v) is 16.6. The molecule has 29 heavy (non-hydrogen) atoms. The first kappa shape index (κ1) is 19.8. The molecule has 2 aliphatic heterocycles. The van der Waals surface area contributed by atoms with Crippen LogP contribution in [-0.4, -0.2) is 49.2 Å². The Morgan fingerprint density at radius 3 is 2.59 bits per heavy atom. The van der Waals surface area contributed by atoms with Gasteiger partial charge in [-0.1, -0.05) is 30.3 Å². The highest BCUT2D eigenvalue weighted by Crippen LogP contribution is 2.37. The fraction of sp³-hybridized carbons (Fsp3) is 0.435. The predicted molar refractivity (Wildman–Crippen MR) is 107 cm³/mol. The number of nitrogens with zero attached hydrogens (tertiary/aromatic N) is 2. The van der Waals surface area contributed by atoms with E-state index in [1.165, 1.54) is 12.1 Å². The summed E-state index contributed by atoms with van der Waals surface area (Å²) in [6, 6.07) is 10.6. The van der Waals surface area contributed by atoms with Crippen LogP contribution in [0.4, 0.5) is 13.6 Å². The second kappa shape index (κ2) is 8.49. The molecule has 2 aliphatic rings. The van der Waals surface area contributed by atoms with Gasteiger partial charge < -0.3 is 9.64 Å². The maximum absolute atomic E-state index is 14.7. The van der Waals surface area contributed by atoms with E-state index in [9.17, 15) is 13.6 Å². The summed E-state index contributed by atoms with van der Waals surface area (Å²) in [5, 5.41) is 0. The van der Waals surface area contributed by atoms with Gasteiger partial charge in [0, 0.05) is 18.2 Å². The molecule has 4 nitrogen and oxygen atoms in total. The molecule has 0 aromatic heterocycles. The van der Waals surface area contributed by atoms with Gasteiger partial charge in [-0.25, -0.2) is 13.6 Å². The number of hydrogen-bond acceptors (Lipinski definition) is 3. The summed E-state index contributed by atoms with van der Waals surface area (Å²) >= 11 is 0. The molecule has 1 amide bonds. The van der Waals surface area contributed by atoms with Crippen molar-refractivity contribution < 1.29 is 18.3 Å². The highest BCUT2D eigenvalue weighted by Gasteiger charge is 2.35. The van der Waals surface area contributed by atoms with Crippen molar-refractivity contribution in [3.63, 3.8) is 0 Å². The quantitative estimate of drug-likeness (QED) is 0.766. The molecular weight excluding hydrogens is 374 g/mol. The lowest BCUT2D eigenvalue weighted by atomic mass is 9.88. The zero-order valence-electron chi connectivity index (χ0n) is 16.6.